The fourth-order valence-corrected chi connectivity index (χ4v) is 13.0. The average molecular weight is 1460 g/mol. The molecule has 0 heterocycles. The molecule has 3 aliphatic carbocycles. The molecular weight excluding hydrogens is 1370 g/mol. The van der Waals surface area contributed by atoms with Crippen LogP contribution in [0, 0.1) is 23.7 Å². The number of Topliss-reactive ketones (excluding diaryl/α,β-unsaturated/α-hetero) is 3. The molecule has 103 heavy (non-hydrogen) atoms. The molecular formula is C81H84F6FeN5O10-. The van der Waals surface area contributed by atoms with Crippen molar-refractivity contribution in [1.82, 2.24) is 0 Å². The first-order chi connectivity index (χ1) is 48.2. The van der Waals surface area contributed by atoms with Gasteiger partial charge in [0.1, 0.15) is 0 Å². The van der Waals surface area contributed by atoms with E-state index in [4.69, 9.17) is 19.9 Å². The monoisotopic (exact) mass is 1460 g/mol. The van der Waals surface area contributed by atoms with Crippen molar-refractivity contribution < 1.29 is 91.5 Å². The molecule has 7 N–H and O–H groups in total. The number of fused-ring (bicyclic) bond motifs is 3. The van der Waals surface area contributed by atoms with Gasteiger partial charge in [-0.25, -0.2) is 9.59 Å². The number of alkyl halides is 6. The van der Waals surface area contributed by atoms with E-state index in [2.05, 4.69) is 40.5 Å². The van der Waals surface area contributed by atoms with Gasteiger partial charge >= 0.3 is 30.4 Å². The van der Waals surface area contributed by atoms with E-state index in [1.807, 2.05) is 92.7 Å². The summed E-state index contributed by atoms with van der Waals surface area (Å²) < 4.78 is 93.2. The number of carboxylic acids is 1. The van der Waals surface area contributed by atoms with E-state index in [1.165, 1.54) is 31.4 Å². The van der Waals surface area contributed by atoms with Crippen LogP contribution in [0.5, 0.6) is 0 Å². The molecule has 0 spiro atoms. The van der Waals surface area contributed by atoms with Crippen LogP contribution in [-0.2, 0) is 67.7 Å². The van der Waals surface area contributed by atoms with Crippen molar-refractivity contribution in [3.63, 3.8) is 0 Å². The van der Waals surface area contributed by atoms with Crippen LogP contribution in [0.15, 0.2) is 201 Å². The first-order valence-corrected chi connectivity index (χ1v) is 32.8. The normalized spacial score (nSPS) is 17.1. The third-order valence-electron chi connectivity index (χ3n) is 18.0. The van der Waals surface area contributed by atoms with Gasteiger partial charge in [-0.2, -0.15) is 26.3 Å². The standard InChI is InChI=1S/C29H27F3N2O3.C28H25F3N2O5.C21H23NO2.C2H6.CH3.Fe/c1-3-14-28(18-37-2)15-13-21-16-20(9-12-25(21)26(28)35)19-7-10-23(11-8-19)33-27(36)34-24-6-4-5-22(17-24)29(30,31)32;1-38-16-27(15-24(34)35)12-11-19-13-18(7-10-23(19)25(27)36)17-5-8-21(9-6-17)32-26(37)33-22-4-2-3-20(14-22)28(29,30)31;1-3-11-21(14-24-2)12-10-17-13-16(6-9-19(17)20(21)23)15-4-7-18(22)8-5-15;1-2;;/h3-12,16-17H,1,13-15,18H2,2H3,(H2,33,34,36);2-10,13-14H,11-12,15-16H2,1H3,(H,34,35)(H2,32,33,37);3-9,13H,1,10-12,14,22H2,2H3;1-2H3;1H3;/q;;;;-1;. The van der Waals surface area contributed by atoms with Gasteiger partial charge < -0.3 is 53.7 Å². The third-order valence-corrected chi connectivity index (χ3v) is 18.0. The van der Waals surface area contributed by atoms with Gasteiger partial charge in [0.25, 0.3) is 0 Å². The maximum Gasteiger partial charge on any atom is 0.416 e. The fourth-order valence-electron chi connectivity index (χ4n) is 13.0. The van der Waals surface area contributed by atoms with Crippen molar-refractivity contribution in [2.75, 3.05) is 68.2 Å². The average Bonchev–Trinajstić information content (AvgIpc) is 0.776. The third kappa shape index (κ3) is 20.2. The minimum absolute atomic E-state index is 0. The molecule has 15 nitrogen and oxygen atoms in total. The molecule has 4 amide bonds. The number of rotatable bonds is 19. The zero-order valence-corrected chi connectivity index (χ0v) is 59.2. The van der Waals surface area contributed by atoms with Gasteiger partial charge in [-0.05, 0) is 174 Å². The molecule has 0 radical (unpaired) electrons. The molecule has 3 atom stereocenters. The van der Waals surface area contributed by atoms with Crippen molar-refractivity contribution in [1.29, 1.82) is 0 Å². The summed E-state index contributed by atoms with van der Waals surface area (Å²) in [4.78, 5) is 75.5. The van der Waals surface area contributed by atoms with Crippen LogP contribution >= 0.6 is 0 Å². The van der Waals surface area contributed by atoms with Crippen LogP contribution in [0.1, 0.15) is 111 Å². The summed E-state index contributed by atoms with van der Waals surface area (Å²) in [5.74, 6) is -1.03. The van der Waals surface area contributed by atoms with Crippen molar-refractivity contribution in [2.24, 2.45) is 16.2 Å². The first kappa shape index (κ1) is 82.0. The molecule has 0 saturated carbocycles. The Morgan fingerprint density at radius 3 is 1.09 bits per heavy atom. The molecule has 22 heteroatoms. The smallest absolute Gasteiger partial charge is 0.416 e. The van der Waals surface area contributed by atoms with E-state index >= 15 is 0 Å². The number of carbonyl (C=O) groups is 6. The molecule has 0 aliphatic heterocycles. The number of amides is 4. The Morgan fingerprint density at radius 2 is 0.767 bits per heavy atom. The van der Waals surface area contributed by atoms with E-state index in [1.54, 1.807) is 68.8 Å². The number of methoxy groups -OCH3 is 3. The van der Waals surface area contributed by atoms with Crippen molar-refractivity contribution >= 4 is 63.8 Å². The van der Waals surface area contributed by atoms with Crippen molar-refractivity contribution in [3.8, 4) is 33.4 Å². The topological polar surface area (TPSA) is 224 Å². The molecule has 8 aromatic carbocycles. The SMILES string of the molecule is C=CCC1(COC)CCc2cc(-c3ccc(N)cc3)ccc2C1=O.C=CCC1(COC)CCc2cc(-c3ccc(NC(=O)Nc4cccc(C(F)(F)F)c4)cc3)ccc2C1=O.CC.COCC1(CC(=O)O)CCc2cc(-c3ccc(NC(=O)Nc4cccc(C(F)(F)F)c4)cc3)ccc2C1=O.[CH3-].[Fe]. The van der Waals surface area contributed by atoms with Crippen LogP contribution in [0.4, 0.5) is 64.4 Å². The van der Waals surface area contributed by atoms with Gasteiger partial charge in [0, 0.05) is 83.5 Å². The van der Waals surface area contributed by atoms with E-state index in [9.17, 15) is 60.2 Å². The molecule has 0 bridgehead atoms. The second-order valence-electron chi connectivity index (χ2n) is 24.9. The zero-order valence-electron chi connectivity index (χ0n) is 58.1. The van der Waals surface area contributed by atoms with Gasteiger partial charge in [-0.3, -0.25) is 19.2 Å². The number of nitrogens with one attached hydrogen (secondary N) is 4. The first-order valence-electron chi connectivity index (χ1n) is 32.8. The van der Waals surface area contributed by atoms with Crippen LogP contribution in [0.2, 0.25) is 0 Å². The summed E-state index contributed by atoms with van der Waals surface area (Å²) >= 11 is 0. The summed E-state index contributed by atoms with van der Waals surface area (Å²) in [6.45, 7) is 12.5. The molecule has 3 unspecified atom stereocenters. The number of halogens is 6. The number of ether oxygens (including phenoxy) is 3. The number of nitrogens with two attached hydrogens (primary N) is 1. The van der Waals surface area contributed by atoms with Gasteiger partial charge in [0.05, 0.1) is 53.6 Å². The van der Waals surface area contributed by atoms with Crippen molar-refractivity contribution in [2.45, 2.75) is 84.0 Å². The van der Waals surface area contributed by atoms with E-state index < -0.39 is 57.8 Å². The van der Waals surface area contributed by atoms with Gasteiger partial charge in [-0.1, -0.05) is 129 Å². The number of carbonyl (C=O) groups excluding carboxylic acids is 5. The predicted octanol–water partition coefficient (Wildman–Crippen LogP) is 19.4. The Kier molecular flexibility index (Phi) is 28.9. The number of aliphatic carboxylic acids is 1. The Morgan fingerprint density at radius 1 is 0.466 bits per heavy atom. The second kappa shape index (κ2) is 36.3. The number of aryl methyl sites for hydroxylation is 3. The quantitative estimate of drug-likeness (QED) is 0.0147. The Bertz CT molecular complexity index is 4320. The second-order valence-corrected chi connectivity index (χ2v) is 24.9. The van der Waals surface area contributed by atoms with Gasteiger partial charge in [-0.15, -0.1) is 13.2 Å². The van der Waals surface area contributed by atoms with Crippen LogP contribution < -0.4 is 27.0 Å². The number of anilines is 5. The molecule has 0 fully saturated rings. The Balaban J connectivity index is 0.000000243. The number of benzene rings is 8. The summed E-state index contributed by atoms with van der Waals surface area (Å²) in [5, 5.41) is 19.3. The molecule has 3 aliphatic rings. The largest absolute Gasteiger partial charge is 0.481 e. The Labute approximate surface area is 607 Å². The van der Waals surface area contributed by atoms with Crippen LogP contribution in [0.25, 0.3) is 33.4 Å². The van der Waals surface area contributed by atoms with E-state index in [-0.39, 0.29) is 66.2 Å². The Hall–Kier alpha value is -9.96. The number of urea groups is 2. The minimum atomic E-state index is -4.51. The number of nitrogen functional groups attached to an aromatic ring is 1. The molecule has 8 aromatic rings. The van der Waals surface area contributed by atoms with Crippen molar-refractivity contribution in [3.05, 3.63) is 253 Å². The number of allylic oxidation sites excluding steroid dienone is 2. The maximum absolute atomic E-state index is 13.3. The molecule has 0 aromatic heterocycles. The number of hydrogen-bond acceptors (Lipinski definition) is 10. The molecule has 544 valence electrons. The van der Waals surface area contributed by atoms with Crippen LogP contribution in [-0.4, -0.2) is 81.6 Å². The summed E-state index contributed by atoms with van der Waals surface area (Å²) in [6.07, 6.45) is -0.486. The zero-order chi connectivity index (χ0) is 73.3. The molecule has 0 saturated heterocycles. The van der Waals surface area contributed by atoms with E-state index in [0.29, 0.717) is 67.8 Å². The predicted molar refractivity (Wildman–Crippen MR) is 389 cm³/mol. The number of ketones is 3. The summed E-state index contributed by atoms with van der Waals surface area (Å²) in [5.41, 5.74) is 14.3. The van der Waals surface area contributed by atoms with Gasteiger partial charge in [0.2, 0.25) is 0 Å². The fraction of sp³-hybridized carbons (Fsp3) is 0.272. The number of carboxylic acid groups (broad SMARTS) is 1. The number of hydrogen-bond donors (Lipinski definition) is 6. The minimum Gasteiger partial charge on any atom is -0.481 e. The molecule has 11 rings (SSSR count). The summed E-state index contributed by atoms with van der Waals surface area (Å²) in [7, 11) is 4.70. The van der Waals surface area contributed by atoms with Crippen LogP contribution in [0.3, 0.4) is 0 Å². The van der Waals surface area contributed by atoms with E-state index in [0.717, 1.165) is 105 Å². The summed E-state index contributed by atoms with van der Waals surface area (Å²) in [6, 6.07) is 46.4. The maximum atomic E-state index is 13.3. The van der Waals surface area contributed by atoms with Gasteiger partial charge in [0.15, 0.2) is 17.3 Å².